The monoisotopic (exact) mass is 535 g/mol. The molecule has 0 aromatic heterocycles. The molecule has 198 valence electrons. The lowest BCUT2D eigenvalue weighted by Crippen LogP contribution is -2.50. The van der Waals surface area contributed by atoms with Crippen LogP contribution in [0, 0.1) is 0 Å². The van der Waals surface area contributed by atoms with Crippen LogP contribution in [0.3, 0.4) is 0 Å². The van der Waals surface area contributed by atoms with Crippen LogP contribution < -0.4 is 9.62 Å². The zero-order valence-corrected chi connectivity index (χ0v) is 23.0. The van der Waals surface area contributed by atoms with Crippen molar-refractivity contribution in [3.05, 3.63) is 65.2 Å². The number of benzene rings is 2. The van der Waals surface area contributed by atoms with Crippen molar-refractivity contribution in [1.29, 1.82) is 0 Å². The van der Waals surface area contributed by atoms with E-state index in [2.05, 4.69) is 12.2 Å². The van der Waals surface area contributed by atoms with Crippen LogP contribution in [-0.4, -0.2) is 57.1 Å². The molecule has 0 heterocycles. The summed E-state index contributed by atoms with van der Waals surface area (Å²) in [6, 6.07) is 15.9. The predicted molar refractivity (Wildman–Crippen MR) is 147 cm³/mol. The van der Waals surface area contributed by atoms with Gasteiger partial charge in [0.15, 0.2) is 0 Å². The third kappa shape index (κ3) is 9.47. The van der Waals surface area contributed by atoms with Crippen molar-refractivity contribution in [1.82, 2.24) is 10.2 Å². The van der Waals surface area contributed by atoms with Crippen LogP contribution in [0.2, 0.25) is 5.02 Å². The summed E-state index contributed by atoms with van der Waals surface area (Å²) >= 11 is 6.06. The minimum atomic E-state index is -3.56. The average Bonchev–Trinajstić information content (AvgIpc) is 2.84. The predicted octanol–water partition coefficient (Wildman–Crippen LogP) is 4.65. The number of nitrogens with one attached hydrogen (secondary N) is 1. The van der Waals surface area contributed by atoms with E-state index < -0.39 is 16.1 Å². The molecule has 2 amide bonds. The highest BCUT2D eigenvalue weighted by atomic mass is 35.5. The van der Waals surface area contributed by atoms with Gasteiger partial charge in [0.1, 0.15) is 6.04 Å². The number of hydrogen-bond acceptors (Lipinski definition) is 4. The Bertz CT molecular complexity index is 1080. The first kappa shape index (κ1) is 29.6. The minimum absolute atomic E-state index is 0.125. The third-order valence-corrected chi connectivity index (χ3v) is 7.38. The van der Waals surface area contributed by atoms with E-state index in [0.29, 0.717) is 43.1 Å². The lowest BCUT2D eigenvalue weighted by Gasteiger charge is -2.31. The van der Waals surface area contributed by atoms with E-state index in [4.69, 9.17) is 11.6 Å². The molecule has 2 aromatic rings. The molecular weight excluding hydrogens is 498 g/mol. The van der Waals surface area contributed by atoms with E-state index >= 15 is 0 Å². The summed E-state index contributed by atoms with van der Waals surface area (Å²) < 4.78 is 26.1. The highest BCUT2D eigenvalue weighted by molar-refractivity contribution is 7.92. The SMILES string of the molecule is CCCCNC(=O)C(CC)N(CCc1ccccc1)C(=O)CCCN(c1cccc(Cl)c1)S(C)(=O)=O. The van der Waals surface area contributed by atoms with Gasteiger partial charge in [-0.3, -0.25) is 13.9 Å². The maximum absolute atomic E-state index is 13.4. The van der Waals surface area contributed by atoms with Gasteiger partial charge >= 0.3 is 0 Å². The van der Waals surface area contributed by atoms with Crippen molar-refractivity contribution in [2.24, 2.45) is 0 Å². The van der Waals surface area contributed by atoms with Gasteiger partial charge in [-0.2, -0.15) is 0 Å². The summed E-state index contributed by atoms with van der Waals surface area (Å²) in [6.07, 6.45) is 4.55. The summed E-state index contributed by atoms with van der Waals surface area (Å²) in [4.78, 5) is 28.0. The zero-order chi connectivity index (χ0) is 26.6. The number of halogens is 1. The first-order valence-electron chi connectivity index (χ1n) is 12.5. The highest BCUT2D eigenvalue weighted by Gasteiger charge is 2.28. The number of amides is 2. The van der Waals surface area contributed by atoms with E-state index in [1.165, 1.54) is 4.31 Å². The molecule has 0 aliphatic carbocycles. The first-order valence-corrected chi connectivity index (χ1v) is 14.7. The molecule has 36 heavy (non-hydrogen) atoms. The summed E-state index contributed by atoms with van der Waals surface area (Å²) in [7, 11) is -3.56. The molecule has 0 saturated heterocycles. The number of unbranched alkanes of at least 4 members (excludes halogenated alkanes) is 1. The van der Waals surface area contributed by atoms with E-state index in [1.54, 1.807) is 29.2 Å². The molecule has 0 aliphatic rings. The summed E-state index contributed by atoms with van der Waals surface area (Å²) in [5.74, 6) is -0.313. The molecule has 0 saturated carbocycles. The molecule has 1 atom stereocenters. The molecule has 1 unspecified atom stereocenters. The Morgan fingerprint density at radius 1 is 1.00 bits per heavy atom. The normalized spacial score (nSPS) is 12.1. The molecule has 2 aromatic carbocycles. The van der Waals surface area contributed by atoms with Crippen molar-refractivity contribution in [3.8, 4) is 0 Å². The van der Waals surface area contributed by atoms with Crippen LogP contribution >= 0.6 is 11.6 Å². The summed E-state index contributed by atoms with van der Waals surface area (Å²) in [5.41, 5.74) is 1.54. The van der Waals surface area contributed by atoms with Crippen LogP contribution in [0.5, 0.6) is 0 Å². The first-order chi connectivity index (χ1) is 17.2. The van der Waals surface area contributed by atoms with Gasteiger partial charge in [0.05, 0.1) is 11.9 Å². The van der Waals surface area contributed by atoms with Gasteiger partial charge in [0, 0.05) is 31.1 Å². The van der Waals surface area contributed by atoms with Crippen LogP contribution in [0.15, 0.2) is 54.6 Å². The zero-order valence-electron chi connectivity index (χ0n) is 21.5. The molecule has 7 nitrogen and oxygen atoms in total. The van der Waals surface area contributed by atoms with Crippen LogP contribution in [0.25, 0.3) is 0 Å². The summed E-state index contributed by atoms with van der Waals surface area (Å²) in [6.45, 7) is 5.08. The quantitative estimate of drug-likeness (QED) is 0.336. The molecule has 0 aliphatic heterocycles. The maximum atomic E-state index is 13.4. The van der Waals surface area contributed by atoms with E-state index in [1.807, 2.05) is 37.3 Å². The van der Waals surface area contributed by atoms with Crippen LogP contribution in [-0.2, 0) is 26.0 Å². The Morgan fingerprint density at radius 2 is 1.72 bits per heavy atom. The second kappa shape index (κ2) is 14.9. The second-order valence-corrected chi connectivity index (χ2v) is 11.2. The van der Waals surface area contributed by atoms with E-state index in [-0.39, 0.29) is 24.8 Å². The topological polar surface area (TPSA) is 86.8 Å². The van der Waals surface area contributed by atoms with Gasteiger partial charge in [-0.1, -0.05) is 68.3 Å². The minimum Gasteiger partial charge on any atom is -0.354 e. The van der Waals surface area contributed by atoms with Gasteiger partial charge in [0.25, 0.3) is 0 Å². The maximum Gasteiger partial charge on any atom is 0.242 e. The molecule has 0 bridgehead atoms. The van der Waals surface area contributed by atoms with E-state index in [0.717, 1.165) is 24.7 Å². The molecule has 0 fully saturated rings. The standard InChI is InChI=1S/C27H38ClN3O4S/c1-4-6-18-29-27(33)25(5-2)30(20-17-22-12-8-7-9-13-22)26(32)16-11-19-31(36(3,34)35)24-15-10-14-23(28)21-24/h7-10,12-15,21,25H,4-6,11,16-20H2,1-3H3,(H,29,33). The van der Waals surface area contributed by atoms with Crippen molar-refractivity contribution >= 4 is 39.1 Å². The van der Waals surface area contributed by atoms with Gasteiger partial charge in [-0.05, 0) is 49.4 Å². The second-order valence-electron chi connectivity index (χ2n) is 8.81. The van der Waals surface area contributed by atoms with Crippen LogP contribution in [0.4, 0.5) is 5.69 Å². The average molecular weight is 536 g/mol. The lowest BCUT2D eigenvalue weighted by atomic mass is 10.1. The van der Waals surface area contributed by atoms with Gasteiger partial charge in [-0.15, -0.1) is 0 Å². The Labute approximate surface area is 220 Å². The Kier molecular flexibility index (Phi) is 12.2. The van der Waals surface area contributed by atoms with Crippen molar-refractivity contribution in [2.45, 2.75) is 58.4 Å². The largest absolute Gasteiger partial charge is 0.354 e. The molecule has 0 radical (unpaired) electrons. The third-order valence-electron chi connectivity index (χ3n) is 5.95. The number of carbonyl (C=O) groups is 2. The number of nitrogens with zero attached hydrogens (tertiary/aromatic N) is 2. The number of rotatable bonds is 15. The van der Waals surface area contributed by atoms with Crippen molar-refractivity contribution in [3.63, 3.8) is 0 Å². The van der Waals surface area contributed by atoms with Crippen molar-refractivity contribution in [2.75, 3.05) is 30.2 Å². The molecule has 0 spiro atoms. The number of sulfonamides is 1. The Hall–Kier alpha value is -2.58. The molecule has 1 N–H and O–H groups in total. The molecule has 2 rings (SSSR count). The van der Waals surface area contributed by atoms with E-state index in [9.17, 15) is 18.0 Å². The molecular formula is C27H38ClN3O4S. The molecule has 9 heteroatoms. The Balaban J connectivity index is 2.13. The van der Waals surface area contributed by atoms with Crippen LogP contribution in [0.1, 0.15) is 51.5 Å². The number of anilines is 1. The highest BCUT2D eigenvalue weighted by Crippen LogP contribution is 2.22. The fourth-order valence-electron chi connectivity index (χ4n) is 4.04. The summed E-state index contributed by atoms with van der Waals surface area (Å²) in [5, 5.41) is 3.39. The fraction of sp³-hybridized carbons (Fsp3) is 0.481. The smallest absolute Gasteiger partial charge is 0.242 e. The number of hydrogen-bond donors (Lipinski definition) is 1. The van der Waals surface area contributed by atoms with Gasteiger partial charge in [-0.25, -0.2) is 8.42 Å². The van der Waals surface area contributed by atoms with Gasteiger partial charge in [0.2, 0.25) is 21.8 Å². The van der Waals surface area contributed by atoms with Crippen molar-refractivity contribution < 1.29 is 18.0 Å². The van der Waals surface area contributed by atoms with Gasteiger partial charge < -0.3 is 10.2 Å². The number of carbonyl (C=O) groups excluding carboxylic acids is 2. The fourth-order valence-corrected chi connectivity index (χ4v) is 5.18. The Morgan fingerprint density at radius 3 is 2.33 bits per heavy atom. The lowest BCUT2D eigenvalue weighted by molar-refractivity contribution is -0.140.